The molecule has 0 radical (unpaired) electrons. The number of halogens is 1. The normalized spacial score (nSPS) is 15.2. The standard InChI is InChI=1S/C9H11ClN4O2/c10-9-7-6(13-3-14-9)4(2-12-7)8(16)5(15)1-11/h2-3,5,8,12,15-16H,1,11H2. The number of aromatic nitrogens is 3. The summed E-state index contributed by atoms with van der Waals surface area (Å²) in [4.78, 5) is 10.6. The third-order valence-corrected chi connectivity index (χ3v) is 2.66. The second kappa shape index (κ2) is 4.34. The van der Waals surface area contributed by atoms with Crippen LogP contribution in [-0.4, -0.2) is 37.8 Å². The fraction of sp³-hybridized carbons (Fsp3) is 0.333. The quantitative estimate of drug-likeness (QED) is 0.565. The molecular formula is C9H11ClN4O2. The topological polar surface area (TPSA) is 108 Å². The zero-order valence-electron chi connectivity index (χ0n) is 8.26. The number of H-pyrrole nitrogens is 1. The van der Waals surface area contributed by atoms with Gasteiger partial charge in [0.2, 0.25) is 0 Å². The van der Waals surface area contributed by atoms with Gasteiger partial charge < -0.3 is 20.9 Å². The molecule has 2 unspecified atom stereocenters. The number of nitrogens with one attached hydrogen (secondary N) is 1. The molecule has 2 aromatic rings. The SMILES string of the molecule is NCC(O)C(O)c1c[nH]c2c(Cl)ncnc12. The number of nitrogens with two attached hydrogens (primary N) is 1. The lowest BCUT2D eigenvalue weighted by atomic mass is 10.1. The van der Waals surface area contributed by atoms with Crippen LogP contribution in [0.2, 0.25) is 5.15 Å². The monoisotopic (exact) mass is 242 g/mol. The molecule has 0 fully saturated rings. The average Bonchev–Trinajstić information content (AvgIpc) is 2.72. The summed E-state index contributed by atoms with van der Waals surface area (Å²) in [6.07, 6.45) is 0.704. The van der Waals surface area contributed by atoms with Crippen molar-refractivity contribution >= 4 is 22.6 Å². The van der Waals surface area contributed by atoms with E-state index in [-0.39, 0.29) is 11.7 Å². The van der Waals surface area contributed by atoms with Gasteiger partial charge in [-0.05, 0) is 0 Å². The number of aliphatic hydroxyl groups excluding tert-OH is 2. The Morgan fingerprint density at radius 1 is 1.44 bits per heavy atom. The first-order chi connectivity index (χ1) is 7.65. The average molecular weight is 243 g/mol. The number of aromatic amines is 1. The molecule has 2 heterocycles. The summed E-state index contributed by atoms with van der Waals surface area (Å²) >= 11 is 5.84. The van der Waals surface area contributed by atoms with Crippen molar-refractivity contribution in [3.63, 3.8) is 0 Å². The van der Waals surface area contributed by atoms with Gasteiger partial charge in [-0.25, -0.2) is 9.97 Å². The molecule has 0 bridgehead atoms. The summed E-state index contributed by atoms with van der Waals surface area (Å²) in [6.45, 7) is -0.0351. The van der Waals surface area contributed by atoms with Gasteiger partial charge in [-0.15, -0.1) is 0 Å². The Morgan fingerprint density at radius 2 is 2.19 bits per heavy atom. The molecule has 0 aliphatic heterocycles. The summed E-state index contributed by atoms with van der Waals surface area (Å²) in [5.41, 5.74) is 6.75. The van der Waals surface area contributed by atoms with Crippen molar-refractivity contribution in [3.05, 3.63) is 23.2 Å². The van der Waals surface area contributed by atoms with Crippen LogP contribution < -0.4 is 5.73 Å². The molecule has 2 aromatic heterocycles. The predicted molar refractivity (Wildman–Crippen MR) is 58.9 cm³/mol. The van der Waals surface area contributed by atoms with Crippen LogP contribution in [0.5, 0.6) is 0 Å². The molecule has 0 aromatic carbocycles. The lowest BCUT2D eigenvalue weighted by molar-refractivity contribution is 0.0251. The molecule has 86 valence electrons. The highest BCUT2D eigenvalue weighted by Gasteiger charge is 2.21. The van der Waals surface area contributed by atoms with Crippen molar-refractivity contribution in [2.45, 2.75) is 12.2 Å². The third kappa shape index (κ3) is 1.76. The number of hydrogen-bond acceptors (Lipinski definition) is 5. The van der Waals surface area contributed by atoms with Crippen LogP contribution in [0.1, 0.15) is 11.7 Å². The van der Waals surface area contributed by atoms with Gasteiger partial charge in [-0.3, -0.25) is 0 Å². The first-order valence-electron chi connectivity index (χ1n) is 4.68. The van der Waals surface area contributed by atoms with Crippen LogP contribution >= 0.6 is 11.6 Å². The third-order valence-electron chi connectivity index (χ3n) is 2.37. The largest absolute Gasteiger partial charge is 0.389 e. The van der Waals surface area contributed by atoms with Crippen molar-refractivity contribution in [2.24, 2.45) is 5.73 Å². The van der Waals surface area contributed by atoms with Crippen LogP contribution in [-0.2, 0) is 0 Å². The van der Waals surface area contributed by atoms with Gasteiger partial charge in [-0.1, -0.05) is 11.6 Å². The molecule has 0 saturated heterocycles. The number of rotatable bonds is 3. The molecule has 0 saturated carbocycles. The van der Waals surface area contributed by atoms with E-state index in [0.717, 1.165) is 0 Å². The summed E-state index contributed by atoms with van der Waals surface area (Å²) in [5, 5.41) is 19.5. The van der Waals surface area contributed by atoms with Gasteiger partial charge >= 0.3 is 0 Å². The van der Waals surface area contributed by atoms with E-state index in [9.17, 15) is 10.2 Å². The second-order valence-electron chi connectivity index (χ2n) is 3.38. The maximum absolute atomic E-state index is 9.81. The van der Waals surface area contributed by atoms with Crippen molar-refractivity contribution in [3.8, 4) is 0 Å². The second-order valence-corrected chi connectivity index (χ2v) is 3.74. The van der Waals surface area contributed by atoms with Crippen molar-refractivity contribution in [1.29, 1.82) is 0 Å². The van der Waals surface area contributed by atoms with Crippen LogP contribution in [0.15, 0.2) is 12.5 Å². The van der Waals surface area contributed by atoms with E-state index in [2.05, 4.69) is 15.0 Å². The molecule has 0 amide bonds. The Morgan fingerprint density at radius 3 is 2.88 bits per heavy atom. The Kier molecular flexibility index (Phi) is 3.06. The summed E-state index contributed by atoms with van der Waals surface area (Å²) in [6, 6.07) is 0. The molecule has 2 rings (SSSR count). The summed E-state index contributed by atoms with van der Waals surface area (Å²) in [5.74, 6) is 0. The van der Waals surface area contributed by atoms with Gasteiger partial charge in [0.25, 0.3) is 0 Å². The lowest BCUT2D eigenvalue weighted by Gasteiger charge is -2.14. The summed E-state index contributed by atoms with van der Waals surface area (Å²) in [7, 11) is 0. The van der Waals surface area contributed by atoms with E-state index in [4.69, 9.17) is 17.3 Å². The number of hydrogen-bond donors (Lipinski definition) is 4. The van der Waals surface area contributed by atoms with Crippen LogP contribution in [0.25, 0.3) is 11.0 Å². The van der Waals surface area contributed by atoms with Gasteiger partial charge in [0.1, 0.15) is 17.9 Å². The Hall–Kier alpha value is -1.21. The maximum Gasteiger partial charge on any atom is 0.156 e. The number of nitrogens with zero attached hydrogens (tertiary/aromatic N) is 2. The molecule has 2 atom stereocenters. The zero-order valence-corrected chi connectivity index (χ0v) is 9.02. The fourth-order valence-corrected chi connectivity index (χ4v) is 1.68. The molecule has 7 heteroatoms. The Labute approximate surface area is 96.1 Å². The Balaban J connectivity index is 2.50. The highest BCUT2D eigenvalue weighted by atomic mass is 35.5. The smallest absolute Gasteiger partial charge is 0.156 e. The first kappa shape index (κ1) is 11.3. The highest BCUT2D eigenvalue weighted by Crippen LogP contribution is 2.27. The van der Waals surface area contributed by atoms with E-state index in [1.165, 1.54) is 12.5 Å². The van der Waals surface area contributed by atoms with E-state index >= 15 is 0 Å². The first-order valence-corrected chi connectivity index (χ1v) is 5.06. The van der Waals surface area contributed by atoms with E-state index in [1.807, 2.05) is 0 Å². The fourth-order valence-electron chi connectivity index (χ4n) is 1.49. The van der Waals surface area contributed by atoms with Gasteiger partial charge in [0, 0.05) is 18.3 Å². The van der Waals surface area contributed by atoms with Gasteiger partial charge in [0.15, 0.2) is 5.15 Å². The molecule has 6 nitrogen and oxygen atoms in total. The van der Waals surface area contributed by atoms with E-state index in [0.29, 0.717) is 16.6 Å². The zero-order chi connectivity index (χ0) is 11.7. The van der Waals surface area contributed by atoms with E-state index < -0.39 is 12.2 Å². The van der Waals surface area contributed by atoms with Gasteiger partial charge in [-0.2, -0.15) is 0 Å². The van der Waals surface area contributed by atoms with Crippen LogP contribution in [0.3, 0.4) is 0 Å². The van der Waals surface area contributed by atoms with Crippen molar-refractivity contribution in [1.82, 2.24) is 15.0 Å². The predicted octanol–water partition coefficient (Wildman–Crippen LogP) is -0.0357. The maximum atomic E-state index is 9.81. The molecule has 5 N–H and O–H groups in total. The van der Waals surface area contributed by atoms with Crippen molar-refractivity contribution in [2.75, 3.05) is 6.54 Å². The van der Waals surface area contributed by atoms with Crippen molar-refractivity contribution < 1.29 is 10.2 Å². The number of aliphatic hydroxyl groups is 2. The van der Waals surface area contributed by atoms with Gasteiger partial charge in [0.05, 0.1) is 11.6 Å². The lowest BCUT2D eigenvalue weighted by Crippen LogP contribution is -2.27. The minimum absolute atomic E-state index is 0.0351. The Bertz CT molecular complexity index is 501. The van der Waals surface area contributed by atoms with Crippen LogP contribution in [0, 0.1) is 0 Å². The summed E-state index contributed by atoms with van der Waals surface area (Å²) < 4.78 is 0. The molecule has 0 aliphatic carbocycles. The molecule has 0 spiro atoms. The minimum Gasteiger partial charge on any atom is -0.389 e. The number of fused-ring (bicyclic) bond motifs is 1. The molecular weight excluding hydrogens is 232 g/mol. The molecule has 16 heavy (non-hydrogen) atoms. The molecule has 0 aliphatic rings. The highest BCUT2D eigenvalue weighted by molar-refractivity contribution is 6.33. The van der Waals surface area contributed by atoms with E-state index in [1.54, 1.807) is 0 Å². The minimum atomic E-state index is -1.09. The van der Waals surface area contributed by atoms with Crippen LogP contribution in [0.4, 0.5) is 0 Å².